The Balaban J connectivity index is 1.37. The molecule has 146 valence electrons. The number of nitrogens with one attached hydrogen (secondary N) is 2. The zero-order chi connectivity index (χ0) is 19.2. The minimum Gasteiger partial charge on any atom is -0.443 e. The Bertz CT molecular complexity index is 929. The molecule has 0 amide bonds. The number of hydrogen-bond acceptors (Lipinski definition) is 5. The van der Waals surface area contributed by atoms with Crippen LogP contribution in [0.15, 0.2) is 46.1 Å². The summed E-state index contributed by atoms with van der Waals surface area (Å²) in [6.07, 6.45) is 6.10. The Kier molecular flexibility index (Phi) is 5.65. The smallest absolute Gasteiger partial charge is 0.191 e. The number of oxazole rings is 1. The first kappa shape index (κ1) is 18.2. The first-order valence-corrected chi connectivity index (χ1v) is 9.68. The third kappa shape index (κ3) is 4.05. The largest absolute Gasteiger partial charge is 0.443 e. The van der Waals surface area contributed by atoms with E-state index < -0.39 is 0 Å². The van der Waals surface area contributed by atoms with Gasteiger partial charge in [0.25, 0.3) is 0 Å². The summed E-state index contributed by atoms with van der Waals surface area (Å²) >= 11 is 0. The van der Waals surface area contributed by atoms with Gasteiger partial charge in [0.15, 0.2) is 23.9 Å². The van der Waals surface area contributed by atoms with Crippen LogP contribution in [0.4, 0.5) is 0 Å². The molecule has 0 atom stereocenters. The second kappa shape index (κ2) is 8.69. The van der Waals surface area contributed by atoms with Gasteiger partial charge >= 0.3 is 0 Å². The predicted molar refractivity (Wildman–Crippen MR) is 107 cm³/mol. The number of aryl methyl sites for hydroxylation is 1. The molecule has 28 heavy (non-hydrogen) atoms. The van der Waals surface area contributed by atoms with E-state index in [-0.39, 0.29) is 0 Å². The van der Waals surface area contributed by atoms with Gasteiger partial charge in [-0.05, 0) is 12.8 Å². The Labute approximate surface area is 164 Å². The molecule has 8 heteroatoms. The fourth-order valence-electron chi connectivity index (χ4n) is 3.45. The molecule has 0 fully saturated rings. The molecule has 4 rings (SSSR count). The molecule has 1 aromatic carbocycles. The van der Waals surface area contributed by atoms with E-state index in [1.807, 2.05) is 30.3 Å². The fraction of sp³-hybridized carbons (Fsp3) is 0.400. The van der Waals surface area contributed by atoms with Gasteiger partial charge in [0.1, 0.15) is 11.5 Å². The standard InChI is InChI=1S/C20H25N7O/c1-21-20(23-13-18-26-25-17-10-6-3-7-11-27(17)18)22-12-16-19(28-14-24-16)15-8-4-2-5-9-15/h2,4-5,8-9,14H,3,6-7,10-13H2,1H3,(H2,21,22,23). The first-order valence-electron chi connectivity index (χ1n) is 9.68. The van der Waals surface area contributed by atoms with Gasteiger partial charge in [0.05, 0.1) is 13.1 Å². The van der Waals surface area contributed by atoms with Crippen molar-refractivity contribution in [3.05, 3.63) is 54.1 Å². The number of fused-ring (bicyclic) bond motifs is 1. The third-order valence-corrected chi connectivity index (χ3v) is 4.92. The summed E-state index contributed by atoms with van der Waals surface area (Å²) in [5, 5.41) is 15.3. The maximum atomic E-state index is 5.58. The zero-order valence-electron chi connectivity index (χ0n) is 16.1. The van der Waals surface area contributed by atoms with Gasteiger partial charge in [-0.25, -0.2) is 4.98 Å². The van der Waals surface area contributed by atoms with Crippen LogP contribution in [0.1, 0.15) is 36.6 Å². The van der Waals surface area contributed by atoms with Crippen LogP contribution in [0.2, 0.25) is 0 Å². The van der Waals surface area contributed by atoms with Crippen LogP contribution in [-0.4, -0.2) is 32.8 Å². The average molecular weight is 379 g/mol. The van der Waals surface area contributed by atoms with Crippen LogP contribution < -0.4 is 10.6 Å². The number of rotatable bonds is 5. The number of hydrogen-bond donors (Lipinski definition) is 2. The summed E-state index contributed by atoms with van der Waals surface area (Å²) in [4.78, 5) is 8.64. The van der Waals surface area contributed by atoms with Crippen molar-refractivity contribution in [2.45, 2.75) is 45.3 Å². The highest BCUT2D eigenvalue weighted by atomic mass is 16.3. The molecule has 0 bridgehead atoms. The van der Waals surface area contributed by atoms with E-state index >= 15 is 0 Å². The Morgan fingerprint density at radius 2 is 1.96 bits per heavy atom. The number of guanidine groups is 1. The molecular formula is C20H25N7O. The lowest BCUT2D eigenvalue weighted by molar-refractivity contribution is 0.570. The minimum absolute atomic E-state index is 0.512. The van der Waals surface area contributed by atoms with Crippen molar-refractivity contribution >= 4 is 5.96 Å². The van der Waals surface area contributed by atoms with Gasteiger partial charge in [-0.15, -0.1) is 10.2 Å². The minimum atomic E-state index is 0.512. The van der Waals surface area contributed by atoms with E-state index in [1.54, 1.807) is 7.05 Å². The van der Waals surface area contributed by atoms with Crippen LogP contribution in [0, 0.1) is 0 Å². The Morgan fingerprint density at radius 1 is 1.11 bits per heavy atom. The van der Waals surface area contributed by atoms with Gasteiger partial charge in [-0.3, -0.25) is 4.99 Å². The molecule has 0 spiro atoms. The monoisotopic (exact) mass is 379 g/mol. The van der Waals surface area contributed by atoms with Crippen LogP contribution in [-0.2, 0) is 26.1 Å². The quantitative estimate of drug-likeness (QED) is 0.523. The van der Waals surface area contributed by atoms with Crippen LogP contribution in [0.5, 0.6) is 0 Å². The lowest BCUT2D eigenvalue weighted by Crippen LogP contribution is -2.37. The fourth-order valence-corrected chi connectivity index (χ4v) is 3.45. The molecule has 8 nitrogen and oxygen atoms in total. The molecule has 0 saturated carbocycles. The van der Waals surface area contributed by atoms with Crippen molar-refractivity contribution in [3.8, 4) is 11.3 Å². The van der Waals surface area contributed by atoms with E-state index in [0.717, 1.165) is 41.6 Å². The zero-order valence-corrected chi connectivity index (χ0v) is 16.1. The molecule has 1 aliphatic rings. The van der Waals surface area contributed by atoms with E-state index in [0.29, 0.717) is 19.0 Å². The summed E-state index contributed by atoms with van der Waals surface area (Å²) in [5.41, 5.74) is 1.84. The van der Waals surface area contributed by atoms with Crippen molar-refractivity contribution in [1.82, 2.24) is 30.4 Å². The maximum Gasteiger partial charge on any atom is 0.191 e. The second-order valence-electron chi connectivity index (χ2n) is 6.77. The Hall–Kier alpha value is -3.16. The van der Waals surface area contributed by atoms with Crippen molar-refractivity contribution in [1.29, 1.82) is 0 Å². The van der Waals surface area contributed by atoms with E-state index in [9.17, 15) is 0 Å². The summed E-state index contributed by atoms with van der Waals surface area (Å²) in [7, 11) is 1.75. The summed E-state index contributed by atoms with van der Waals surface area (Å²) in [6.45, 7) is 2.08. The molecule has 2 aromatic heterocycles. The van der Waals surface area contributed by atoms with Crippen LogP contribution >= 0.6 is 0 Å². The molecule has 0 saturated heterocycles. The van der Waals surface area contributed by atoms with Crippen molar-refractivity contribution in [2.75, 3.05) is 7.05 Å². The van der Waals surface area contributed by atoms with E-state index in [4.69, 9.17) is 4.42 Å². The Morgan fingerprint density at radius 3 is 2.82 bits per heavy atom. The van der Waals surface area contributed by atoms with Gasteiger partial charge in [0.2, 0.25) is 0 Å². The van der Waals surface area contributed by atoms with Crippen molar-refractivity contribution in [3.63, 3.8) is 0 Å². The third-order valence-electron chi connectivity index (χ3n) is 4.92. The van der Waals surface area contributed by atoms with Gasteiger partial charge < -0.3 is 19.6 Å². The van der Waals surface area contributed by atoms with Gasteiger partial charge in [-0.2, -0.15) is 0 Å². The molecule has 0 unspecified atom stereocenters. The van der Waals surface area contributed by atoms with Crippen molar-refractivity contribution in [2.24, 2.45) is 4.99 Å². The number of aromatic nitrogens is 4. The van der Waals surface area contributed by atoms with Crippen molar-refractivity contribution < 1.29 is 4.42 Å². The normalized spacial score (nSPS) is 14.4. The van der Waals surface area contributed by atoms with E-state index in [2.05, 4.69) is 35.4 Å². The molecule has 1 aliphatic heterocycles. The summed E-state index contributed by atoms with van der Waals surface area (Å²) in [6, 6.07) is 9.96. The molecule has 3 heterocycles. The topological polar surface area (TPSA) is 93.2 Å². The predicted octanol–water partition coefficient (Wildman–Crippen LogP) is 2.52. The lowest BCUT2D eigenvalue weighted by Gasteiger charge is -2.12. The van der Waals surface area contributed by atoms with Gasteiger partial charge in [0, 0.05) is 25.6 Å². The average Bonchev–Trinajstić information content (AvgIpc) is 3.29. The molecule has 2 N–H and O–H groups in total. The molecule has 0 radical (unpaired) electrons. The summed E-state index contributed by atoms with van der Waals surface area (Å²) < 4.78 is 7.81. The number of aliphatic imine (C=N–C) groups is 1. The molecular weight excluding hydrogens is 354 g/mol. The van der Waals surface area contributed by atoms with Crippen LogP contribution in [0.3, 0.4) is 0 Å². The van der Waals surface area contributed by atoms with E-state index in [1.165, 1.54) is 25.7 Å². The van der Waals surface area contributed by atoms with Gasteiger partial charge in [-0.1, -0.05) is 36.8 Å². The summed E-state index contributed by atoms with van der Waals surface area (Å²) in [5.74, 6) is 3.50. The lowest BCUT2D eigenvalue weighted by atomic mass is 10.1. The highest BCUT2D eigenvalue weighted by Gasteiger charge is 2.15. The second-order valence-corrected chi connectivity index (χ2v) is 6.77. The number of benzene rings is 1. The number of nitrogens with zero attached hydrogens (tertiary/aromatic N) is 5. The maximum absolute atomic E-state index is 5.58. The van der Waals surface area contributed by atoms with Crippen LogP contribution in [0.25, 0.3) is 11.3 Å². The molecule has 3 aromatic rings. The first-order chi connectivity index (χ1) is 13.8. The molecule has 0 aliphatic carbocycles. The SMILES string of the molecule is CN=C(NCc1ncoc1-c1ccccc1)NCc1nnc2n1CCCCC2. The highest BCUT2D eigenvalue weighted by molar-refractivity contribution is 5.79. The highest BCUT2D eigenvalue weighted by Crippen LogP contribution is 2.22.